The molecular formula is C22H25N5O3S. The SMILES string of the molecule is CC(C)n1nc(-c2ccc(C#N)cc2)c(C2CC2)c1C(=O)NC1=CN(S(C)(=O)=O)CC1. The van der Waals surface area contributed by atoms with Gasteiger partial charge in [-0.15, -0.1) is 0 Å². The van der Waals surface area contributed by atoms with Gasteiger partial charge in [-0.2, -0.15) is 10.4 Å². The Balaban J connectivity index is 1.74. The van der Waals surface area contributed by atoms with Gasteiger partial charge < -0.3 is 5.32 Å². The van der Waals surface area contributed by atoms with Crippen molar-refractivity contribution in [3.05, 3.63) is 53.0 Å². The molecule has 1 saturated carbocycles. The lowest BCUT2D eigenvalue weighted by molar-refractivity contribution is 0.0951. The topological polar surface area (TPSA) is 108 Å². The van der Waals surface area contributed by atoms with E-state index in [1.807, 2.05) is 26.0 Å². The highest BCUT2D eigenvalue weighted by Gasteiger charge is 2.36. The average molecular weight is 440 g/mol. The number of carbonyl (C=O) groups excluding carboxylic acids is 1. The Bertz CT molecular complexity index is 1200. The maximum absolute atomic E-state index is 13.4. The minimum Gasteiger partial charge on any atom is -0.323 e. The molecule has 1 aliphatic heterocycles. The number of hydrogen-bond donors (Lipinski definition) is 1. The van der Waals surface area contributed by atoms with Crippen LogP contribution in [0.15, 0.2) is 36.2 Å². The number of carbonyl (C=O) groups is 1. The quantitative estimate of drug-likeness (QED) is 0.744. The van der Waals surface area contributed by atoms with Gasteiger partial charge in [0.1, 0.15) is 5.69 Å². The van der Waals surface area contributed by atoms with Crippen LogP contribution < -0.4 is 5.32 Å². The van der Waals surface area contributed by atoms with Crippen LogP contribution in [0.3, 0.4) is 0 Å². The number of rotatable bonds is 6. The summed E-state index contributed by atoms with van der Waals surface area (Å²) in [5.41, 5.74) is 4.24. The van der Waals surface area contributed by atoms with E-state index in [1.165, 1.54) is 10.5 Å². The minimum absolute atomic E-state index is 0.0320. The zero-order valence-corrected chi connectivity index (χ0v) is 18.6. The maximum atomic E-state index is 13.4. The van der Waals surface area contributed by atoms with Crippen molar-refractivity contribution in [2.75, 3.05) is 12.8 Å². The molecular weight excluding hydrogens is 414 g/mol. The monoisotopic (exact) mass is 439 g/mol. The van der Waals surface area contributed by atoms with Gasteiger partial charge in [-0.1, -0.05) is 12.1 Å². The van der Waals surface area contributed by atoms with E-state index in [2.05, 4.69) is 11.4 Å². The van der Waals surface area contributed by atoms with E-state index in [4.69, 9.17) is 10.4 Å². The van der Waals surface area contributed by atoms with Gasteiger partial charge in [-0.05, 0) is 44.7 Å². The van der Waals surface area contributed by atoms with E-state index in [0.717, 1.165) is 35.9 Å². The molecule has 1 fully saturated rings. The van der Waals surface area contributed by atoms with Crippen LogP contribution in [0, 0.1) is 11.3 Å². The third-order valence-corrected chi connectivity index (χ3v) is 6.67. The Kier molecular flexibility index (Phi) is 5.35. The average Bonchev–Trinajstić information content (AvgIpc) is 3.30. The second-order valence-corrected chi connectivity index (χ2v) is 10.3. The van der Waals surface area contributed by atoms with Gasteiger partial charge in [-0.25, -0.2) is 8.42 Å². The molecule has 162 valence electrons. The van der Waals surface area contributed by atoms with Gasteiger partial charge in [0.25, 0.3) is 5.91 Å². The molecule has 8 nitrogen and oxygen atoms in total. The lowest BCUT2D eigenvalue weighted by atomic mass is 10.0. The number of aromatic nitrogens is 2. The van der Waals surface area contributed by atoms with E-state index in [-0.39, 0.29) is 17.9 Å². The smallest absolute Gasteiger partial charge is 0.274 e. The van der Waals surface area contributed by atoms with Crippen LogP contribution in [0.4, 0.5) is 0 Å². The molecule has 4 rings (SSSR count). The predicted molar refractivity (Wildman–Crippen MR) is 116 cm³/mol. The zero-order chi connectivity index (χ0) is 22.3. The summed E-state index contributed by atoms with van der Waals surface area (Å²) in [6.07, 6.45) is 5.09. The van der Waals surface area contributed by atoms with Gasteiger partial charge in [0.15, 0.2) is 0 Å². The first-order valence-corrected chi connectivity index (χ1v) is 12.2. The van der Waals surface area contributed by atoms with Crippen LogP contribution in [-0.4, -0.2) is 41.2 Å². The Morgan fingerprint density at radius 1 is 1.26 bits per heavy atom. The molecule has 31 heavy (non-hydrogen) atoms. The van der Waals surface area contributed by atoms with Crippen LogP contribution in [-0.2, 0) is 10.0 Å². The molecule has 0 radical (unpaired) electrons. The maximum Gasteiger partial charge on any atom is 0.274 e. The second-order valence-electron chi connectivity index (χ2n) is 8.34. The fraction of sp³-hybridized carbons (Fsp3) is 0.409. The number of amides is 1. The van der Waals surface area contributed by atoms with Crippen molar-refractivity contribution < 1.29 is 13.2 Å². The Hall–Kier alpha value is -3.12. The van der Waals surface area contributed by atoms with Crippen molar-refractivity contribution in [3.8, 4) is 17.3 Å². The van der Waals surface area contributed by atoms with E-state index in [0.29, 0.717) is 29.9 Å². The van der Waals surface area contributed by atoms with Crippen LogP contribution >= 0.6 is 0 Å². The first-order chi connectivity index (χ1) is 14.7. The number of hydrogen-bond acceptors (Lipinski definition) is 5. The number of nitrogens with zero attached hydrogens (tertiary/aromatic N) is 4. The van der Waals surface area contributed by atoms with Gasteiger partial charge in [0, 0.05) is 42.0 Å². The van der Waals surface area contributed by atoms with Crippen LogP contribution in [0.25, 0.3) is 11.3 Å². The molecule has 0 atom stereocenters. The van der Waals surface area contributed by atoms with Crippen molar-refractivity contribution in [3.63, 3.8) is 0 Å². The standard InChI is InChI=1S/C22H25N5O3S/c1-14(2)27-21(22(28)24-18-10-11-26(13-18)31(3,29)30)19(16-8-9-16)20(25-27)17-6-4-15(12-23)5-7-17/h4-7,13-14,16H,8-11H2,1-3H3,(H,24,28). The van der Waals surface area contributed by atoms with E-state index >= 15 is 0 Å². The lowest BCUT2D eigenvalue weighted by Gasteiger charge is -2.13. The van der Waals surface area contributed by atoms with Crippen LogP contribution in [0.2, 0.25) is 0 Å². The van der Waals surface area contributed by atoms with E-state index in [1.54, 1.807) is 16.8 Å². The molecule has 2 heterocycles. The molecule has 0 spiro atoms. The Morgan fingerprint density at radius 2 is 1.94 bits per heavy atom. The van der Waals surface area contributed by atoms with Crippen molar-refractivity contribution in [1.29, 1.82) is 5.26 Å². The lowest BCUT2D eigenvalue weighted by Crippen LogP contribution is -2.27. The van der Waals surface area contributed by atoms with Crippen molar-refractivity contribution in [2.24, 2.45) is 0 Å². The molecule has 1 N–H and O–H groups in total. The molecule has 0 bridgehead atoms. The number of nitriles is 1. The second kappa shape index (κ2) is 7.85. The number of sulfonamides is 1. The molecule has 1 aromatic heterocycles. The van der Waals surface area contributed by atoms with Crippen LogP contribution in [0.1, 0.15) is 66.7 Å². The Labute approximate surface area is 182 Å². The first-order valence-electron chi connectivity index (χ1n) is 10.3. The summed E-state index contributed by atoms with van der Waals surface area (Å²) in [5.74, 6) is -0.00596. The van der Waals surface area contributed by atoms with Gasteiger partial charge in [0.05, 0.1) is 23.6 Å². The number of nitrogens with one attached hydrogen (secondary N) is 1. The highest BCUT2D eigenvalue weighted by molar-refractivity contribution is 7.88. The predicted octanol–water partition coefficient (Wildman–Crippen LogP) is 3.12. The van der Waals surface area contributed by atoms with Crippen molar-refractivity contribution in [1.82, 2.24) is 19.4 Å². The molecule has 2 aromatic rings. The van der Waals surface area contributed by atoms with Crippen molar-refractivity contribution >= 4 is 15.9 Å². The normalized spacial score (nSPS) is 16.4. The molecule has 1 amide bonds. The van der Waals surface area contributed by atoms with Gasteiger partial charge in [0.2, 0.25) is 10.0 Å². The summed E-state index contributed by atoms with van der Waals surface area (Å²) in [5, 5.41) is 16.8. The van der Waals surface area contributed by atoms with E-state index in [9.17, 15) is 13.2 Å². The summed E-state index contributed by atoms with van der Waals surface area (Å²) in [4.78, 5) is 13.4. The summed E-state index contributed by atoms with van der Waals surface area (Å²) in [6.45, 7) is 4.27. The first kappa shape index (κ1) is 21.1. The summed E-state index contributed by atoms with van der Waals surface area (Å²) >= 11 is 0. The molecule has 0 unspecified atom stereocenters. The fourth-order valence-corrected chi connectivity index (χ4v) is 4.56. The number of benzene rings is 1. The molecule has 9 heteroatoms. The third-order valence-electron chi connectivity index (χ3n) is 5.53. The summed E-state index contributed by atoms with van der Waals surface area (Å²) in [7, 11) is -3.34. The fourth-order valence-electron chi connectivity index (χ4n) is 3.82. The molecule has 2 aliphatic rings. The largest absolute Gasteiger partial charge is 0.323 e. The van der Waals surface area contributed by atoms with Crippen LogP contribution in [0.5, 0.6) is 0 Å². The van der Waals surface area contributed by atoms with E-state index < -0.39 is 10.0 Å². The molecule has 1 aliphatic carbocycles. The minimum atomic E-state index is -3.34. The third kappa shape index (κ3) is 4.21. The Morgan fingerprint density at radius 3 is 2.45 bits per heavy atom. The summed E-state index contributed by atoms with van der Waals surface area (Å²) < 4.78 is 26.5. The highest BCUT2D eigenvalue weighted by Crippen LogP contribution is 2.46. The van der Waals surface area contributed by atoms with Gasteiger partial charge in [-0.3, -0.25) is 13.8 Å². The molecule has 1 aromatic carbocycles. The summed E-state index contributed by atoms with van der Waals surface area (Å²) in [6, 6.07) is 9.32. The van der Waals surface area contributed by atoms with Gasteiger partial charge >= 0.3 is 0 Å². The highest BCUT2D eigenvalue weighted by atomic mass is 32.2. The van der Waals surface area contributed by atoms with Crippen molar-refractivity contribution in [2.45, 2.75) is 45.1 Å². The molecule has 0 saturated heterocycles. The zero-order valence-electron chi connectivity index (χ0n) is 17.8.